The van der Waals surface area contributed by atoms with Crippen molar-refractivity contribution in [2.24, 2.45) is 7.05 Å². The molecule has 0 fully saturated rings. The number of hydrogen-bond donors (Lipinski definition) is 1. The van der Waals surface area contributed by atoms with Gasteiger partial charge >= 0.3 is 12.1 Å². The smallest absolute Gasteiger partial charge is 0.433 e. The van der Waals surface area contributed by atoms with Crippen molar-refractivity contribution in [3.05, 3.63) is 83.6 Å². The molecule has 0 saturated carbocycles. The van der Waals surface area contributed by atoms with Gasteiger partial charge in [-0.1, -0.05) is 30.3 Å². The number of hydrogen-bond acceptors (Lipinski definition) is 6. The van der Waals surface area contributed by atoms with Gasteiger partial charge in [0.15, 0.2) is 0 Å². The van der Waals surface area contributed by atoms with E-state index in [0.29, 0.717) is 4.68 Å². The Kier molecular flexibility index (Phi) is 6.92. The van der Waals surface area contributed by atoms with Crippen molar-refractivity contribution in [3.8, 4) is 16.3 Å². The molecule has 0 bridgehead atoms. The lowest BCUT2D eigenvalue weighted by Crippen LogP contribution is -2.11. The average Bonchev–Trinajstić information content (AvgIpc) is 3.45. The number of aryl methyl sites for hydroxylation is 1. The van der Waals surface area contributed by atoms with Crippen molar-refractivity contribution in [3.63, 3.8) is 0 Å². The second kappa shape index (κ2) is 9.78. The number of carboxylic acids is 1. The van der Waals surface area contributed by atoms with Crippen molar-refractivity contribution in [1.29, 1.82) is 0 Å². The van der Waals surface area contributed by atoms with Crippen LogP contribution in [0, 0.1) is 0 Å². The summed E-state index contributed by atoms with van der Waals surface area (Å²) in [4.78, 5) is 11.3. The van der Waals surface area contributed by atoms with Crippen LogP contribution in [0.25, 0.3) is 10.6 Å². The van der Waals surface area contributed by atoms with E-state index >= 15 is 0 Å². The molecular weight excluding hydrogens is 517 g/mol. The summed E-state index contributed by atoms with van der Waals surface area (Å²) in [6.45, 7) is 0.140. The Morgan fingerprint density at radius 3 is 2.42 bits per heavy atom. The van der Waals surface area contributed by atoms with Gasteiger partial charge in [-0.15, -0.1) is 11.3 Å². The molecule has 36 heavy (non-hydrogen) atoms. The van der Waals surface area contributed by atoms with Crippen molar-refractivity contribution in [1.82, 2.24) is 9.78 Å². The van der Waals surface area contributed by atoms with Crippen molar-refractivity contribution >= 4 is 27.1 Å². The Labute approximate surface area is 208 Å². The number of aliphatic carboxylic acids is 1. The normalized spacial score (nSPS) is 12.0. The first-order valence-electron chi connectivity index (χ1n) is 10.4. The highest BCUT2D eigenvalue weighted by Crippen LogP contribution is 2.37. The zero-order valence-electron chi connectivity index (χ0n) is 18.7. The number of sulfone groups is 1. The van der Waals surface area contributed by atoms with Crippen LogP contribution < -0.4 is 4.74 Å². The Hall–Kier alpha value is -3.64. The summed E-state index contributed by atoms with van der Waals surface area (Å²) in [5.74, 6) is -0.972. The minimum Gasteiger partial charge on any atom is -0.489 e. The summed E-state index contributed by atoms with van der Waals surface area (Å²) >= 11 is 0.768. The maximum atomic E-state index is 13.4. The van der Waals surface area contributed by atoms with E-state index in [-0.39, 0.29) is 37.6 Å². The lowest BCUT2D eigenvalue weighted by Gasteiger charge is -2.11. The molecular formula is C24H19F3N2O5S2. The first kappa shape index (κ1) is 25.5. The molecule has 2 heterocycles. The number of rotatable bonds is 8. The average molecular weight is 537 g/mol. The van der Waals surface area contributed by atoms with Gasteiger partial charge in [0, 0.05) is 7.05 Å². The van der Waals surface area contributed by atoms with Crippen LogP contribution in [-0.4, -0.2) is 29.3 Å². The molecule has 0 unspecified atom stereocenters. The fourth-order valence-electron chi connectivity index (χ4n) is 3.46. The van der Waals surface area contributed by atoms with Crippen LogP contribution >= 0.6 is 11.3 Å². The number of alkyl halides is 3. The first-order chi connectivity index (χ1) is 16.9. The third-order valence-corrected chi connectivity index (χ3v) is 8.46. The summed E-state index contributed by atoms with van der Waals surface area (Å²) in [6.07, 6.45) is -5.03. The summed E-state index contributed by atoms with van der Waals surface area (Å²) in [5.41, 5.74) is 0.0877. The van der Waals surface area contributed by atoms with Crippen LogP contribution in [-0.2, 0) is 40.9 Å². The zero-order chi connectivity index (χ0) is 26.1. The third kappa shape index (κ3) is 5.60. The fraction of sp³-hybridized carbons (Fsp3) is 0.167. The van der Waals surface area contributed by atoms with Crippen molar-refractivity contribution in [2.75, 3.05) is 0 Å². The van der Waals surface area contributed by atoms with E-state index in [1.54, 1.807) is 0 Å². The van der Waals surface area contributed by atoms with E-state index < -0.39 is 34.1 Å². The Bertz CT molecular complexity index is 1510. The van der Waals surface area contributed by atoms with E-state index in [1.165, 1.54) is 30.3 Å². The predicted octanol–water partition coefficient (Wildman–Crippen LogP) is 5.21. The Morgan fingerprint density at radius 2 is 1.78 bits per heavy atom. The molecule has 0 saturated heterocycles. The van der Waals surface area contributed by atoms with Crippen LogP contribution in [0.5, 0.6) is 5.75 Å². The molecule has 4 rings (SSSR count). The van der Waals surface area contributed by atoms with Gasteiger partial charge in [0.2, 0.25) is 9.84 Å². The van der Waals surface area contributed by atoms with E-state index in [9.17, 15) is 31.5 Å². The number of halogens is 3. The molecule has 0 radical (unpaired) electrons. The molecule has 0 aliphatic rings. The predicted molar refractivity (Wildman–Crippen MR) is 126 cm³/mol. The Balaban J connectivity index is 1.67. The van der Waals surface area contributed by atoms with Gasteiger partial charge in [0.05, 0.1) is 16.2 Å². The van der Waals surface area contributed by atoms with Crippen molar-refractivity contribution in [2.45, 2.75) is 28.3 Å². The lowest BCUT2D eigenvalue weighted by molar-refractivity contribution is -0.143. The molecule has 12 heteroatoms. The fourth-order valence-corrected chi connectivity index (χ4v) is 6.21. The van der Waals surface area contributed by atoms with E-state index in [0.717, 1.165) is 30.0 Å². The van der Waals surface area contributed by atoms with Gasteiger partial charge in [-0.25, -0.2) is 8.42 Å². The number of benzene rings is 2. The summed E-state index contributed by atoms with van der Waals surface area (Å²) in [7, 11) is -2.98. The number of nitrogens with zero attached hydrogens (tertiary/aromatic N) is 2. The van der Waals surface area contributed by atoms with Crippen LogP contribution in [0.2, 0.25) is 0 Å². The van der Waals surface area contributed by atoms with Gasteiger partial charge in [0.25, 0.3) is 0 Å². The molecule has 0 aliphatic carbocycles. The van der Waals surface area contributed by atoms with Gasteiger partial charge < -0.3 is 9.84 Å². The van der Waals surface area contributed by atoms with Gasteiger partial charge in [-0.3, -0.25) is 9.48 Å². The molecule has 2 aromatic carbocycles. The minimum atomic E-state index is -4.60. The number of thiophene rings is 1. The third-order valence-electron chi connectivity index (χ3n) is 5.12. The first-order valence-corrected chi connectivity index (χ1v) is 12.7. The summed E-state index contributed by atoms with van der Waals surface area (Å²) in [5, 5.41) is 13.1. The highest BCUT2D eigenvalue weighted by Gasteiger charge is 2.35. The zero-order valence-corrected chi connectivity index (χ0v) is 20.3. The second-order valence-electron chi connectivity index (χ2n) is 7.82. The topological polar surface area (TPSA) is 98.5 Å². The van der Waals surface area contributed by atoms with E-state index in [4.69, 9.17) is 4.74 Å². The molecule has 7 nitrogen and oxygen atoms in total. The van der Waals surface area contributed by atoms with Gasteiger partial charge in [-0.05, 0) is 47.5 Å². The van der Waals surface area contributed by atoms with Crippen LogP contribution in [0.15, 0.2) is 75.8 Å². The molecule has 2 aromatic heterocycles. The molecule has 1 N–H and O–H groups in total. The second-order valence-corrected chi connectivity index (χ2v) is 11.1. The van der Waals surface area contributed by atoms with E-state index in [1.807, 2.05) is 30.3 Å². The highest BCUT2D eigenvalue weighted by atomic mass is 32.2. The maximum Gasteiger partial charge on any atom is 0.433 e. The number of aromatic nitrogens is 2. The molecule has 0 aliphatic heterocycles. The SMILES string of the molecule is Cn1nc(-c2ccc(S(=O)(=O)c3cc(CC(=O)O)cc(OCc4ccccc4)c3)s2)cc1C(F)(F)F. The molecule has 4 aromatic rings. The quantitative estimate of drug-likeness (QED) is 0.332. The summed E-state index contributed by atoms with van der Waals surface area (Å²) < 4.78 is 72.4. The van der Waals surface area contributed by atoms with Gasteiger partial charge in [0.1, 0.15) is 28.0 Å². The standard InChI is InChI=1S/C24H19F3N2O5S2/c1-29-21(24(25,26)27)13-19(28-29)20-7-8-23(35-20)36(32,33)18-10-16(11-22(30)31)9-17(12-18)34-14-15-5-3-2-4-6-15/h2-10,12-13H,11,14H2,1H3,(H,30,31). The number of carboxylic acid groups (broad SMARTS) is 1. The Morgan fingerprint density at radius 1 is 1.06 bits per heavy atom. The minimum absolute atomic E-state index is 0.0113. The molecule has 188 valence electrons. The van der Waals surface area contributed by atoms with Crippen LogP contribution in [0.4, 0.5) is 13.2 Å². The van der Waals surface area contributed by atoms with Crippen molar-refractivity contribution < 1.29 is 36.2 Å². The lowest BCUT2D eigenvalue weighted by atomic mass is 10.1. The summed E-state index contributed by atoms with van der Waals surface area (Å²) in [6, 6.07) is 16.7. The largest absolute Gasteiger partial charge is 0.489 e. The molecule has 0 atom stereocenters. The molecule has 0 spiro atoms. The monoisotopic (exact) mass is 536 g/mol. The number of carbonyl (C=O) groups is 1. The van der Waals surface area contributed by atoms with E-state index in [2.05, 4.69) is 5.10 Å². The maximum absolute atomic E-state index is 13.4. The highest BCUT2D eigenvalue weighted by molar-refractivity contribution is 7.93. The van der Waals surface area contributed by atoms with Crippen LogP contribution in [0.3, 0.4) is 0 Å². The van der Waals surface area contributed by atoms with Gasteiger partial charge in [-0.2, -0.15) is 18.3 Å². The molecule has 0 amide bonds. The van der Waals surface area contributed by atoms with Crippen LogP contribution in [0.1, 0.15) is 16.8 Å². The number of ether oxygens (including phenoxy) is 1.